The van der Waals surface area contributed by atoms with Crippen LogP contribution < -0.4 is 10.5 Å². The zero-order valence-corrected chi connectivity index (χ0v) is 11.8. The van der Waals surface area contributed by atoms with Crippen LogP contribution in [0.25, 0.3) is 0 Å². The Labute approximate surface area is 122 Å². The maximum Gasteiger partial charge on any atom is 0.335 e. The van der Waals surface area contributed by atoms with E-state index in [2.05, 4.69) is 4.72 Å². The molecule has 0 bridgehead atoms. The Hall–Kier alpha value is -2.54. The van der Waals surface area contributed by atoms with Crippen molar-refractivity contribution >= 4 is 27.4 Å². The number of para-hydroxylation sites is 2. The minimum atomic E-state index is -3.68. The quantitative estimate of drug-likeness (QED) is 0.731. The molecule has 2 aromatic carbocycles. The van der Waals surface area contributed by atoms with Gasteiger partial charge in [-0.25, -0.2) is 13.2 Å². The Morgan fingerprint density at radius 1 is 1.14 bits per heavy atom. The summed E-state index contributed by atoms with van der Waals surface area (Å²) in [5, 5.41) is 8.90. The topological polar surface area (TPSA) is 109 Å². The van der Waals surface area contributed by atoms with Crippen molar-refractivity contribution in [3.63, 3.8) is 0 Å². The van der Waals surface area contributed by atoms with Gasteiger partial charge < -0.3 is 10.8 Å². The van der Waals surface area contributed by atoms with Crippen molar-refractivity contribution in [3.05, 3.63) is 59.7 Å². The number of nitrogen functional groups attached to an aromatic ring is 1. The Morgan fingerprint density at radius 2 is 1.86 bits per heavy atom. The number of sulfonamides is 1. The Balaban J connectivity index is 2.20. The number of carboxylic acid groups (broad SMARTS) is 1. The zero-order chi connectivity index (χ0) is 15.5. The lowest BCUT2D eigenvalue weighted by molar-refractivity contribution is 0.0696. The average Bonchev–Trinajstić information content (AvgIpc) is 2.41. The molecule has 0 aliphatic heterocycles. The fraction of sp³-hybridized carbons (Fsp3) is 0.0714. The highest BCUT2D eigenvalue weighted by atomic mass is 32.2. The van der Waals surface area contributed by atoms with Crippen LogP contribution in [0.5, 0.6) is 0 Å². The number of nitrogens with one attached hydrogen (secondary N) is 1. The van der Waals surface area contributed by atoms with Gasteiger partial charge in [-0.3, -0.25) is 4.72 Å². The van der Waals surface area contributed by atoms with E-state index in [4.69, 9.17) is 10.8 Å². The van der Waals surface area contributed by atoms with Crippen molar-refractivity contribution in [1.29, 1.82) is 0 Å². The molecule has 0 spiro atoms. The molecule has 110 valence electrons. The molecule has 0 heterocycles. The van der Waals surface area contributed by atoms with Gasteiger partial charge in [0.05, 0.1) is 22.7 Å². The molecular formula is C14H14N2O4S. The molecule has 7 heteroatoms. The van der Waals surface area contributed by atoms with Gasteiger partial charge in [0.2, 0.25) is 10.0 Å². The first-order valence-corrected chi connectivity index (χ1v) is 7.70. The lowest BCUT2D eigenvalue weighted by Crippen LogP contribution is -2.16. The molecule has 0 aromatic heterocycles. The fourth-order valence-electron chi connectivity index (χ4n) is 1.81. The highest BCUT2D eigenvalue weighted by Gasteiger charge is 2.14. The number of hydrogen-bond acceptors (Lipinski definition) is 4. The van der Waals surface area contributed by atoms with Gasteiger partial charge in [0.15, 0.2) is 0 Å². The van der Waals surface area contributed by atoms with Crippen molar-refractivity contribution in [1.82, 2.24) is 0 Å². The van der Waals surface area contributed by atoms with Crippen LogP contribution in [0.3, 0.4) is 0 Å². The first-order chi connectivity index (χ1) is 9.87. The third kappa shape index (κ3) is 3.96. The van der Waals surface area contributed by atoms with Gasteiger partial charge in [-0.15, -0.1) is 0 Å². The Bertz CT molecular complexity index is 772. The van der Waals surface area contributed by atoms with E-state index in [0.717, 1.165) is 0 Å². The van der Waals surface area contributed by atoms with E-state index in [1.807, 2.05) is 0 Å². The van der Waals surface area contributed by atoms with Crippen molar-refractivity contribution in [2.24, 2.45) is 0 Å². The molecule has 0 amide bonds. The Kier molecular flexibility index (Phi) is 4.13. The molecule has 6 nitrogen and oxygen atoms in total. The second-order valence-electron chi connectivity index (χ2n) is 4.45. The summed E-state index contributed by atoms with van der Waals surface area (Å²) in [5.74, 6) is -1.43. The summed E-state index contributed by atoms with van der Waals surface area (Å²) in [6.07, 6.45) is 0. The highest BCUT2D eigenvalue weighted by Crippen LogP contribution is 2.20. The first kappa shape index (κ1) is 14.9. The number of rotatable bonds is 5. The number of hydrogen-bond donors (Lipinski definition) is 3. The number of benzene rings is 2. The van der Waals surface area contributed by atoms with E-state index >= 15 is 0 Å². The molecule has 0 atom stereocenters. The van der Waals surface area contributed by atoms with Crippen LogP contribution in [0.4, 0.5) is 11.4 Å². The zero-order valence-electron chi connectivity index (χ0n) is 11.0. The predicted molar refractivity (Wildman–Crippen MR) is 80.5 cm³/mol. The van der Waals surface area contributed by atoms with Crippen LogP contribution in [0.2, 0.25) is 0 Å². The van der Waals surface area contributed by atoms with E-state index in [-0.39, 0.29) is 11.3 Å². The summed E-state index contributed by atoms with van der Waals surface area (Å²) in [4.78, 5) is 10.9. The van der Waals surface area contributed by atoms with Crippen molar-refractivity contribution in [2.75, 3.05) is 10.5 Å². The monoisotopic (exact) mass is 306 g/mol. The number of anilines is 2. The van der Waals surface area contributed by atoms with Gasteiger partial charge in [-0.1, -0.05) is 24.3 Å². The molecule has 2 aromatic rings. The minimum absolute atomic E-state index is 0.0434. The summed E-state index contributed by atoms with van der Waals surface area (Å²) in [6.45, 7) is 0. The van der Waals surface area contributed by atoms with Crippen LogP contribution in [0.1, 0.15) is 15.9 Å². The van der Waals surface area contributed by atoms with Gasteiger partial charge in [-0.2, -0.15) is 0 Å². The fourth-order valence-corrected chi connectivity index (χ4v) is 3.02. The number of carboxylic acids is 1. The minimum Gasteiger partial charge on any atom is -0.478 e. The van der Waals surface area contributed by atoms with Gasteiger partial charge in [0.1, 0.15) is 0 Å². The molecular weight excluding hydrogens is 292 g/mol. The lowest BCUT2D eigenvalue weighted by Gasteiger charge is -2.10. The molecule has 4 N–H and O–H groups in total. The number of nitrogens with two attached hydrogens (primary N) is 1. The summed E-state index contributed by atoms with van der Waals surface area (Å²) in [7, 11) is -3.68. The molecule has 0 saturated heterocycles. The van der Waals surface area contributed by atoms with Crippen molar-refractivity contribution in [2.45, 2.75) is 5.75 Å². The number of carbonyl (C=O) groups is 1. The lowest BCUT2D eigenvalue weighted by atomic mass is 10.1. The SMILES string of the molecule is Nc1ccccc1NS(=O)(=O)Cc1cccc(C(=O)O)c1. The normalized spacial score (nSPS) is 11.0. The molecule has 2 rings (SSSR count). The molecule has 0 saturated carbocycles. The maximum atomic E-state index is 12.1. The van der Waals surface area contributed by atoms with Crippen LogP contribution in [-0.2, 0) is 15.8 Å². The second kappa shape index (κ2) is 5.84. The Morgan fingerprint density at radius 3 is 2.52 bits per heavy atom. The van der Waals surface area contributed by atoms with E-state index in [1.165, 1.54) is 18.2 Å². The summed E-state index contributed by atoms with van der Waals surface area (Å²) < 4.78 is 26.6. The highest BCUT2D eigenvalue weighted by molar-refractivity contribution is 7.91. The average molecular weight is 306 g/mol. The van der Waals surface area contributed by atoms with E-state index in [9.17, 15) is 13.2 Å². The third-order valence-electron chi connectivity index (χ3n) is 2.76. The molecule has 21 heavy (non-hydrogen) atoms. The molecule has 0 aliphatic carbocycles. The van der Waals surface area contributed by atoms with Crippen LogP contribution in [0, 0.1) is 0 Å². The summed E-state index contributed by atoms with van der Waals surface area (Å²) >= 11 is 0. The predicted octanol–water partition coefficient (Wildman–Crippen LogP) is 1.91. The molecule has 0 aliphatic rings. The molecule has 0 unspecified atom stereocenters. The van der Waals surface area contributed by atoms with Crippen molar-refractivity contribution in [3.8, 4) is 0 Å². The first-order valence-electron chi connectivity index (χ1n) is 6.04. The molecule has 0 fully saturated rings. The smallest absolute Gasteiger partial charge is 0.335 e. The number of aromatic carboxylic acids is 1. The largest absolute Gasteiger partial charge is 0.478 e. The van der Waals surface area contributed by atoms with Crippen LogP contribution >= 0.6 is 0 Å². The summed E-state index contributed by atoms with van der Waals surface area (Å²) in [5.41, 5.74) is 6.73. The van der Waals surface area contributed by atoms with E-state index in [1.54, 1.807) is 30.3 Å². The van der Waals surface area contributed by atoms with Crippen LogP contribution in [-0.4, -0.2) is 19.5 Å². The third-order valence-corrected chi connectivity index (χ3v) is 4.00. The van der Waals surface area contributed by atoms with Gasteiger partial charge in [-0.05, 0) is 29.8 Å². The standard InChI is InChI=1S/C14H14N2O4S/c15-12-6-1-2-7-13(12)16-21(19,20)9-10-4-3-5-11(8-10)14(17)18/h1-8,16H,9,15H2,(H,17,18). The van der Waals surface area contributed by atoms with Gasteiger partial charge >= 0.3 is 5.97 Å². The summed E-state index contributed by atoms with van der Waals surface area (Å²) in [6, 6.07) is 12.3. The van der Waals surface area contributed by atoms with E-state index in [0.29, 0.717) is 16.9 Å². The molecule has 0 radical (unpaired) electrons. The van der Waals surface area contributed by atoms with Crippen molar-refractivity contribution < 1.29 is 18.3 Å². The van der Waals surface area contributed by atoms with Gasteiger partial charge in [0, 0.05) is 0 Å². The van der Waals surface area contributed by atoms with E-state index < -0.39 is 16.0 Å². The van der Waals surface area contributed by atoms with Crippen LogP contribution in [0.15, 0.2) is 48.5 Å². The van der Waals surface area contributed by atoms with Gasteiger partial charge in [0.25, 0.3) is 0 Å². The maximum absolute atomic E-state index is 12.1. The second-order valence-corrected chi connectivity index (χ2v) is 6.18.